The van der Waals surface area contributed by atoms with Crippen molar-refractivity contribution in [2.24, 2.45) is 0 Å². The molecule has 90 valence electrons. The number of benzene rings is 2. The smallest absolute Gasteiger partial charge is 0.126 e. The number of fused-ring (bicyclic) bond motifs is 1. The summed E-state index contributed by atoms with van der Waals surface area (Å²) in [5.41, 5.74) is 2.46. The summed E-state index contributed by atoms with van der Waals surface area (Å²) in [4.78, 5) is 0. The molecule has 1 N–H and O–H groups in total. The second kappa shape index (κ2) is 5.22. The molecule has 0 amide bonds. The van der Waals surface area contributed by atoms with Gasteiger partial charge in [-0.15, -0.1) is 0 Å². The quantitative estimate of drug-likeness (QED) is 0.819. The lowest BCUT2D eigenvalue weighted by Crippen LogP contribution is -1.95. The molecule has 0 aliphatic rings. The largest absolute Gasteiger partial charge is 0.507 e. The van der Waals surface area contributed by atoms with E-state index in [1.807, 2.05) is 18.2 Å². The summed E-state index contributed by atoms with van der Waals surface area (Å²) in [6, 6.07) is 10.3. The minimum atomic E-state index is 0.494. The Morgan fingerprint density at radius 1 is 1.00 bits per heavy atom. The van der Waals surface area contributed by atoms with E-state index >= 15 is 0 Å². The molecule has 0 spiro atoms. The van der Waals surface area contributed by atoms with Crippen LogP contribution in [0.3, 0.4) is 0 Å². The van der Waals surface area contributed by atoms with Gasteiger partial charge in [-0.1, -0.05) is 57.0 Å². The topological polar surface area (TPSA) is 20.2 Å². The van der Waals surface area contributed by atoms with Crippen LogP contribution in [-0.4, -0.2) is 5.11 Å². The zero-order valence-corrected chi connectivity index (χ0v) is 10.7. The van der Waals surface area contributed by atoms with Gasteiger partial charge in [-0.25, -0.2) is 0 Å². The zero-order chi connectivity index (χ0) is 12.3. The number of hydrogen-bond donors (Lipinski definition) is 1. The Labute approximate surface area is 103 Å². The second-order valence-corrected chi connectivity index (χ2v) is 4.58. The predicted octanol–water partition coefficient (Wildman–Crippen LogP) is 4.45. The minimum absolute atomic E-state index is 0.494. The normalized spacial score (nSPS) is 10.9. The lowest BCUT2D eigenvalue weighted by Gasteiger charge is -2.13. The SMILES string of the molecule is CCCc1cc2ccccc2c(O)c1CCC. The van der Waals surface area contributed by atoms with E-state index in [1.54, 1.807) is 0 Å². The molecular formula is C16H20O. The fourth-order valence-electron chi connectivity index (χ4n) is 2.45. The van der Waals surface area contributed by atoms with Crippen molar-refractivity contribution in [3.8, 4) is 5.75 Å². The van der Waals surface area contributed by atoms with Gasteiger partial charge in [0.25, 0.3) is 0 Å². The molecule has 2 rings (SSSR count). The van der Waals surface area contributed by atoms with Crippen molar-refractivity contribution in [1.82, 2.24) is 0 Å². The van der Waals surface area contributed by atoms with Crippen LogP contribution in [0.1, 0.15) is 37.8 Å². The molecule has 0 radical (unpaired) electrons. The highest BCUT2D eigenvalue weighted by atomic mass is 16.3. The average molecular weight is 228 g/mol. The van der Waals surface area contributed by atoms with Crippen molar-refractivity contribution in [1.29, 1.82) is 0 Å². The molecule has 2 aromatic rings. The number of phenolic OH excluding ortho intramolecular Hbond substituents is 1. The van der Waals surface area contributed by atoms with Crippen LogP contribution in [0.25, 0.3) is 10.8 Å². The van der Waals surface area contributed by atoms with Gasteiger partial charge in [-0.05, 0) is 29.4 Å². The van der Waals surface area contributed by atoms with E-state index in [2.05, 4.69) is 26.0 Å². The van der Waals surface area contributed by atoms with E-state index in [4.69, 9.17) is 0 Å². The predicted molar refractivity (Wildman–Crippen MR) is 73.6 cm³/mol. The Hall–Kier alpha value is -1.50. The van der Waals surface area contributed by atoms with Crippen LogP contribution in [0.5, 0.6) is 5.75 Å². The Morgan fingerprint density at radius 2 is 1.71 bits per heavy atom. The average Bonchev–Trinajstić information content (AvgIpc) is 2.34. The summed E-state index contributed by atoms with van der Waals surface area (Å²) in [6.07, 6.45) is 4.21. The van der Waals surface area contributed by atoms with Crippen LogP contribution >= 0.6 is 0 Å². The van der Waals surface area contributed by atoms with Crippen LogP contribution in [0, 0.1) is 0 Å². The van der Waals surface area contributed by atoms with Crippen molar-refractivity contribution in [2.75, 3.05) is 0 Å². The van der Waals surface area contributed by atoms with E-state index < -0.39 is 0 Å². The molecule has 0 heterocycles. The Bertz CT molecular complexity index is 514. The first-order chi connectivity index (χ1) is 8.27. The van der Waals surface area contributed by atoms with Crippen LogP contribution in [0.4, 0.5) is 0 Å². The second-order valence-electron chi connectivity index (χ2n) is 4.58. The number of phenols is 1. The van der Waals surface area contributed by atoms with Crippen LogP contribution in [-0.2, 0) is 12.8 Å². The Kier molecular flexibility index (Phi) is 3.68. The van der Waals surface area contributed by atoms with Gasteiger partial charge in [0, 0.05) is 5.39 Å². The highest BCUT2D eigenvalue weighted by Gasteiger charge is 2.11. The third-order valence-corrected chi connectivity index (χ3v) is 3.24. The third kappa shape index (κ3) is 2.28. The molecule has 1 nitrogen and oxygen atoms in total. The fraction of sp³-hybridized carbons (Fsp3) is 0.375. The lowest BCUT2D eigenvalue weighted by atomic mass is 9.94. The first-order valence-electron chi connectivity index (χ1n) is 6.50. The zero-order valence-electron chi connectivity index (χ0n) is 10.7. The van der Waals surface area contributed by atoms with Gasteiger partial charge in [0.2, 0.25) is 0 Å². The highest BCUT2D eigenvalue weighted by molar-refractivity contribution is 5.90. The first kappa shape index (κ1) is 12.0. The van der Waals surface area contributed by atoms with Crippen LogP contribution in [0.2, 0.25) is 0 Å². The molecule has 0 aliphatic heterocycles. The molecule has 0 bridgehead atoms. The van der Waals surface area contributed by atoms with E-state index in [9.17, 15) is 5.11 Å². The van der Waals surface area contributed by atoms with Crippen molar-refractivity contribution < 1.29 is 5.11 Å². The van der Waals surface area contributed by atoms with Crippen molar-refractivity contribution in [3.05, 3.63) is 41.5 Å². The Morgan fingerprint density at radius 3 is 2.41 bits per heavy atom. The summed E-state index contributed by atoms with van der Waals surface area (Å²) < 4.78 is 0. The molecule has 0 aliphatic carbocycles. The number of aryl methyl sites for hydroxylation is 1. The summed E-state index contributed by atoms with van der Waals surface area (Å²) in [7, 11) is 0. The maximum atomic E-state index is 10.4. The fourth-order valence-corrected chi connectivity index (χ4v) is 2.45. The summed E-state index contributed by atoms with van der Waals surface area (Å²) in [5, 5.41) is 12.5. The third-order valence-electron chi connectivity index (χ3n) is 3.24. The number of hydrogen-bond acceptors (Lipinski definition) is 1. The van der Waals surface area contributed by atoms with E-state index in [0.717, 1.165) is 42.0 Å². The molecule has 0 atom stereocenters. The maximum absolute atomic E-state index is 10.4. The van der Waals surface area contributed by atoms with E-state index in [-0.39, 0.29) is 0 Å². The van der Waals surface area contributed by atoms with Crippen LogP contribution in [0.15, 0.2) is 30.3 Å². The minimum Gasteiger partial charge on any atom is -0.507 e. The molecule has 0 unspecified atom stereocenters. The summed E-state index contributed by atoms with van der Waals surface area (Å²) >= 11 is 0. The molecule has 0 fully saturated rings. The summed E-state index contributed by atoms with van der Waals surface area (Å²) in [6.45, 7) is 4.34. The molecule has 0 aromatic heterocycles. The van der Waals surface area contributed by atoms with Gasteiger partial charge in [0.15, 0.2) is 0 Å². The van der Waals surface area contributed by atoms with E-state index in [0.29, 0.717) is 5.75 Å². The van der Waals surface area contributed by atoms with Gasteiger partial charge < -0.3 is 5.11 Å². The molecule has 0 saturated heterocycles. The molecule has 1 heteroatoms. The highest BCUT2D eigenvalue weighted by Crippen LogP contribution is 2.33. The molecular weight excluding hydrogens is 208 g/mol. The Balaban J connectivity index is 2.65. The van der Waals surface area contributed by atoms with Gasteiger partial charge in [-0.2, -0.15) is 0 Å². The van der Waals surface area contributed by atoms with Gasteiger partial charge in [-0.3, -0.25) is 0 Å². The first-order valence-corrected chi connectivity index (χ1v) is 6.50. The van der Waals surface area contributed by atoms with Crippen molar-refractivity contribution in [3.63, 3.8) is 0 Å². The van der Waals surface area contributed by atoms with Gasteiger partial charge in [0.05, 0.1) is 0 Å². The summed E-state index contributed by atoms with van der Waals surface area (Å²) in [5.74, 6) is 0.494. The molecule has 2 aromatic carbocycles. The standard InChI is InChI=1S/C16H20O/c1-3-7-12-11-13-9-5-6-10-15(13)16(17)14(12)8-4-2/h5-6,9-11,17H,3-4,7-8H2,1-2H3. The van der Waals surface area contributed by atoms with E-state index in [1.165, 1.54) is 5.56 Å². The van der Waals surface area contributed by atoms with Crippen molar-refractivity contribution in [2.45, 2.75) is 39.5 Å². The van der Waals surface area contributed by atoms with Gasteiger partial charge >= 0.3 is 0 Å². The number of aromatic hydroxyl groups is 1. The van der Waals surface area contributed by atoms with Gasteiger partial charge in [0.1, 0.15) is 5.75 Å². The monoisotopic (exact) mass is 228 g/mol. The molecule has 17 heavy (non-hydrogen) atoms. The maximum Gasteiger partial charge on any atom is 0.126 e. The van der Waals surface area contributed by atoms with Crippen LogP contribution < -0.4 is 0 Å². The number of rotatable bonds is 4. The molecule has 0 saturated carbocycles. The van der Waals surface area contributed by atoms with Crippen molar-refractivity contribution >= 4 is 10.8 Å². The lowest BCUT2D eigenvalue weighted by molar-refractivity contribution is 0.473.